The lowest BCUT2D eigenvalue weighted by Gasteiger charge is -2.14. The molecule has 1 aliphatic rings. The predicted molar refractivity (Wildman–Crippen MR) is 90.2 cm³/mol. The summed E-state index contributed by atoms with van der Waals surface area (Å²) in [7, 11) is 1.62. The Kier molecular flexibility index (Phi) is 3.93. The zero-order valence-corrected chi connectivity index (χ0v) is 13.8. The third-order valence-electron chi connectivity index (χ3n) is 4.40. The number of hydrogen-bond acceptors (Lipinski definition) is 5. The van der Waals surface area contributed by atoms with Gasteiger partial charge in [0.2, 0.25) is 0 Å². The first kappa shape index (κ1) is 15.4. The molecule has 1 fully saturated rings. The van der Waals surface area contributed by atoms with Gasteiger partial charge in [-0.3, -0.25) is 9.89 Å². The molecule has 1 atom stereocenters. The van der Waals surface area contributed by atoms with Gasteiger partial charge in [0.25, 0.3) is 5.91 Å². The van der Waals surface area contributed by atoms with Crippen LogP contribution in [-0.4, -0.2) is 56.2 Å². The number of amides is 1. The molecule has 8 heteroatoms. The lowest BCUT2D eigenvalue weighted by atomic mass is 10.1. The molecule has 25 heavy (non-hydrogen) atoms. The monoisotopic (exact) mass is 338 g/mol. The van der Waals surface area contributed by atoms with Crippen molar-refractivity contribution in [1.82, 2.24) is 30.1 Å². The number of hydrogen-bond donors (Lipinski definition) is 1. The fraction of sp³-hybridized carbons (Fsp3) is 0.294. The van der Waals surface area contributed by atoms with Crippen molar-refractivity contribution in [3.05, 3.63) is 48.4 Å². The van der Waals surface area contributed by atoms with E-state index in [4.69, 9.17) is 4.74 Å². The largest absolute Gasteiger partial charge is 0.496 e. The normalized spacial score (nSPS) is 17.0. The first-order valence-electron chi connectivity index (χ1n) is 8.10. The second kappa shape index (κ2) is 6.39. The van der Waals surface area contributed by atoms with Crippen LogP contribution in [0.3, 0.4) is 0 Å². The number of aromatic nitrogens is 5. The van der Waals surface area contributed by atoms with E-state index >= 15 is 0 Å². The second-order valence-corrected chi connectivity index (χ2v) is 5.91. The van der Waals surface area contributed by atoms with Gasteiger partial charge in [0.1, 0.15) is 11.4 Å². The van der Waals surface area contributed by atoms with Crippen molar-refractivity contribution in [3.63, 3.8) is 0 Å². The molecule has 3 heterocycles. The molecular weight excluding hydrogens is 320 g/mol. The Morgan fingerprint density at radius 1 is 1.28 bits per heavy atom. The minimum Gasteiger partial charge on any atom is -0.496 e. The van der Waals surface area contributed by atoms with Crippen LogP contribution < -0.4 is 4.74 Å². The van der Waals surface area contributed by atoms with Crippen LogP contribution in [0.1, 0.15) is 23.0 Å². The number of nitrogens with one attached hydrogen (secondary N) is 1. The summed E-state index contributed by atoms with van der Waals surface area (Å²) in [6.07, 6.45) is 4.14. The van der Waals surface area contributed by atoms with Gasteiger partial charge in [-0.1, -0.05) is 12.1 Å². The van der Waals surface area contributed by atoms with Crippen LogP contribution >= 0.6 is 0 Å². The first-order valence-corrected chi connectivity index (χ1v) is 8.10. The third kappa shape index (κ3) is 2.86. The van der Waals surface area contributed by atoms with E-state index in [0.29, 0.717) is 24.5 Å². The number of aromatic amines is 1. The van der Waals surface area contributed by atoms with Crippen LogP contribution in [-0.2, 0) is 0 Å². The van der Waals surface area contributed by atoms with Gasteiger partial charge in [-0.25, -0.2) is 0 Å². The number of para-hydroxylation sites is 1. The molecule has 0 aliphatic carbocycles. The van der Waals surface area contributed by atoms with Gasteiger partial charge >= 0.3 is 0 Å². The quantitative estimate of drug-likeness (QED) is 0.783. The van der Waals surface area contributed by atoms with Crippen LogP contribution in [0, 0.1) is 0 Å². The number of carbonyl (C=O) groups excluding carboxylic acids is 1. The van der Waals surface area contributed by atoms with Crippen LogP contribution in [0.2, 0.25) is 0 Å². The molecule has 0 bridgehead atoms. The Morgan fingerprint density at radius 3 is 2.88 bits per heavy atom. The zero-order chi connectivity index (χ0) is 17.2. The lowest BCUT2D eigenvalue weighted by molar-refractivity contribution is 0.0780. The fourth-order valence-corrected chi connectivity index (χ4v) is 3.13. The van der Waals surface area contributed by atoms with E-state index in [9.17, 15) is 4.79 Å². The lowest BCUT2D eigenvalue weighted by Crippen LogP contribution is -2.29. The highest BCUT2D eigenvalue weighted by Gasteiger charge is 2.30. The highest BCUT2D eigenvalue weighted by Crippen LogP contribution is 2.29. The summed E-state index contributed by atoms with van der Waals surface area (Å²) >= 11 is 0. The number of H-pyrrole nitrogens is 1. The molecule has 8 nitrogen and oxygen atoms in total. The van der Waals surface area contributed by atoms with E-state index in [0.717, 1.165) is 17.7 Å². The van der Waals surface area contributed by atoms with Gasteiger partial charge in [-0.05, 0) is 24.6 Å². The number of nitrogens with zero attached hydrogens (tertiary/aromatic N) is 5. The van der Waals surface area contributed by atoms with Crippen molar-refractivity contribution in [1.29, 1.82) is 0 Å². The van der Waals surface area contributed by atoms with E-state index in [-0.39, 0.29) is 11.9 Å². The van der Waals surface area contributed by atoms with Gasteiger partial charge in [-0.15, -0.1) is 0 Å². The summed E-state index contributed by atoms with van der Waals surface area (Å²) in [6, 6.07) is 9.48. The third-order valence-corrected chi connectivity index (χ3v) is 4.40. The van der Waals surface area contributed by atoms with Gasteiger partial charge in [0, 0.05) is 18.7 Å². The molecule has 0 radical (unpaired) electrons. The maximum Gasteiger partial charge on any atom is 0.271 e. The average Bonchev–Trinajstić information content (AvgIpc) is 3.41. The molecule has 1 aliphatic heterocycles. The number of likely N-dealkylation sites (tertiary alicyclic amines) is 1. The number of benzene rings is 1. The minimum atomic E-state index is -0.0664. The van der Waals surface area contributed by atoms with Crippen LogP contribution in [0.15, 0.2) is 42.7 Å². The molecule has 2 aromatic heterocycles. The van der Waals surface area contributed by atoms with Gasteiger partial charge in [-0.2, -0.15) is 20.1 Å². The predicted octanol–water partition coefficient (Wildman–Crippen LogP) is 1.76. The van der Waals surface area contributed by atoms with Crippen molar-refractivity contribution in [2.24, 2.45) is 0 Å². The summed E-state index contributed by atoms with van der Waals surface area (Å²) < 4.78 is 5.36. The van der Waals surface area contributed by atoms with E-state index in [2.05, 4.69) is 20.4 Å². The van der Waals surface area contributed by atoms with Crippen molar-refractivity contribution >= 4 is 5.91 Å². The first-order chi connectivity index (χ1) is 12.3. The maximum absolute atomic E-state index is 12.7. The SMILES string of the molecule is COc1ccccc1-c1cc(C(=O)N2CCC(n3nccn3)C2)[nH]n1. The number of ether oxygens (including phenoxy) is 1. The Hall–Kier alpha value is -3.16. The molecular formula is C17H18N6O2. The second-order valence-electron chi connectivity index (χ2n) is 5.91. The Morgan fingerprint density at radius 2 is 2.08 bits per heavy atom. The molecule has 1 amide bonds. The number of rotatable bonds is 4. The Labute approximate surface area is 144 Å². The summed E-state index contributed by atoms with van der Waals surface area (Å²) in [5.41, 5.74) is 2.00. The van der Waals surface area contributed by atoms with Gasteiger partial charge in [0.15, 0.2) is 0 Å². The smallest absolute Gasteiger partial charge is 0.271 e. The maximum atomic E-state index is 12.7. The average molecular weight is 338 g/mol. The summed E-state index contributed by atoms with van der Waals surface area (Å²) in [5.74, 6) is 0.655. The van der Waals surface area contributed by atoms with Crippen molar-refractivity contribution < 1.29 is 9.53 Å². The van der Waals surface area contributed by atoms with Crippen molar-refractivity contribution in [2.45, 2.75) is 12.5 Å². The molecule has 3 aromatic rings. The standard InChI is InChI=1S/C17H18N6O2/c1-25-16-5-3-2-4-13(16)14-10-15(21-20-14)17(24)22-9-6-12(11-22)23-18-7-8-19-23/h2-5,7-8,10,12H,6,9,11H2,1H3,(H,20,21). The molecule has 128 valence electrons. The molecule has 1 saturated heterocycles. The molecule has 1 unspecified atom stereocenters. The van der Waals surface area contributed by atoms with E-state index in [1.54, 1.807) is 35.3 Å². The zero-order valence-electron chi connectivity index (χ0n) is 13.8. The van der Waals surface area contributed by atoms with Crippen LogP contribution in [0.25, 0.3) is 11.3 Å². The van der Waals surface area contributed by atoms with Crippen LogP contribution in [0.5, 0.6) is 5.75 Å². The summed E-state index contributed by atoms with van der Waals surface area (Å²) in [4.78, 5) is 16.2. The van der Waals surface area contributed by atoms with E-state index in [1.165, 1.54) is 0 Å². The molecule has 1 aromatic carbocycles. The molecule has 0 saturated carbocycles. The van der Waals surface area contributed by atoms with Gasteiger partial charge < -0.3 is 9.64 Å². The van der Waals surface area contributed by atoms with Crippen molar-refractivity contribution in [2.75, 3.05) is 20.2 Å². The summed E-state index contributed by atoms with van der Waals surface area (Å²) in [5, 5.41) is 15.4. The fourth-order valence-electron chi connectivity index (χ4n) is 3.13. The Bertz CT molecular complexity index is 873. The summed E-state index contributed by atoms with van der Waals surface area (Å²) in [6.45, 7) is 1.27. The highest BCUT2D eigenvalue weighted by atomic mass is 16.5. The topological polar surface area (TPSA) is 88.9 Å². The highest BCUT2D eigenvalue weighted by molar-refractivity contribution is 5.93. The Balaban J connectivity index is 1.51. The molecule has 0 spiro atoms. The van der Waals surface area contributed by atoms with E-state index in [1.807, 2.05) is 24.3 Å². The van der Waals surface area contributed by atoms with Gasteiger partial charge in [0.05, 0.1) is 31.2 Å². The molecule has 4 rings (SSSR count). The van der Waals surface area contributed by atoms with Crippen molar-refractivity contribution in [3.8, 4) is 17.0 Å². The number of methoxy groups -OCH3 is 1. The van der Waals surface area contributed by atoms with Crippen LogP contribution in [0.4, 0.5) is 0 Å². The van der Waals surface area contributed by atoms with E-state index < -0.39 is 0 Å². The molecule has 1 N–H and O–H groups in total. The number of carbonyl (C=O) groups is 1. The minimum absolute atomic E-state index is 0.0664.